The Morgan fingerprint density at radius 1 is 1.15 bits per heavy atom. The van der Waals surface area contributed by atoms with Crippen molar-refractivity contribution in [1.29, 1.82) is 0 Å². The van der Waals surface area contributed by atoms with Gasteiger partial charge in [-0.05, 0) is 56.9 Å². The molecule has 1 fully saturated rings. The van der Waals surface area contributed by atoms with Crippen LogP contribution in [-0.2, 0) is 0 Å². The predicted octanol–water partition coefficient (Wildman–Crippen LogP) is 3.05. The Balaban J connectivity index is 1.76. The highest BCUT2D eigenvalue weighted by Crippen LogP contribution is 2.18. The van der Waals surface area contributed by atoms with Crippen molar-refractivity contribution in [2.24, 2.45) is 5.92 Å². The summed E-state index contributed by atoms with van der Waals surface area (Å²) in [4.78, 5) is 7.12. The van der Waals surface area contributed by atoms with E-state index in [1.54, 1.807) is 0 Å². The van der Waals surface area contributed by atoms with E-state index in [0.717, 1.165) is 37.1 Å². The Bertz CT molecular complexity index is 386. The highest BCUT2D eigenvalue weighted by molar-refractivity contribution is 5.45. The fourth-order valence-corrected chi connectivity index (χ4v) is 2.64. The first-order valence-electron chi connectivity index (χ1n) is 7.99. The first kappa shape index (κ1) is 15.1. The molecule has 0 amide bonds. The van der Waals surface area contributed by atoms with Crippen molar-refractivity contribution in [2.75, 3.05) is 43.4 Å². The molecule has 4 heteroatoms. The summed E-state index contributed by atoms with van der Waals surface area (Å²) in [5.41, 5.74) is 0. The molecule has 0 atom stereocenters. The summed E-state index contributed by atoms with van der Waals surface area (Å²) in [6.45, 7) is 10.1. The van der Waals surface area contributed by atoms with Crippen molar-refractivity contribution in [3.63, 3.8) is 0 Å². The van der Waals surface area contributed by atoms with Gasteiger partial charge < -0.3 is 15.5 Å². The molecule has 0 aromatic carbocycles. The monoisotopic (exact) mass is 276 g/mol. The number of rotatable bonds is 7. The number of pyridine rings is 1. The third-order valence-corrected chi connectivity index (χ3v) is 4.03. The van der Waals surface area contributed by atoms with E-state index in [1.807, 2.05) is 6.07 Å². The van der Waals surface area contributed by atoms with E-state index in [4.69, 9.17) is 0 Å². The summed E-state index contributed by atoms with van der Waals surface area (Å²) >= 11 is 0. The first-order chi connectivity index (χ1) is 9.81. The molecule has 1 aliphatic rings. The molecule has 20 heavy (non-hydrogen) atoms. The van der Waals surface area contributed by atoms with Gasteiger partial charge in [0.15, 0.2) is 0 Å². The largest absolute Gasteiger partial charge is 0.370 e. The number of anilines is 2. The average Bonchev–Trinajstić information content (AvgIpc) is 2.52. The quantitative estimate of drug-likeness (QED) is 0.803. The second-order valence-electron chi connectivity index (χ2n) is 5.59. The van der Waals surface area contributed by atoms with Crippen LogP contribution in [-0.4, -0.2) is 42.6 Å². The van der Waals surface area contributed by atoms with Gasteiger partial charge in [0.25, 0.3) is 0 Å². The number of likely N-dealkylation sites (tertiary alicyclic amines) is 1. The first-order valence-corrected chi connectivity index (χ1v) is 7.99. The van der Waals surface area contributed by atoms with Crippen molar-refractivity contribution >= 4 is 11.6 Å². The lowest BCUT2D eigenvalue weighted by molar-refractivity contribution is 0.198. The Kier molecular flexibility index (Phi) is 6.12. The maximum atomic E-state index is 4.59. The molecule has 1 saturated heterocycles. The van der Waals surface area contributed by atoms with Crippen LogP contribution in [0.3, 0.4) is 0 Å². The van der Waals surface area contributed by atoms with Crippen LogP contribution < -0.4 is 10.6 Å². The van der Waals surface area contributed by atoms with Crippen molar-refractivity contribution in [3.8, 4) is 0 Å². The Hall–Kier alpha value is -1.29. The van der Waals surface area contributed by atoms with Crippen LogP contribution in [0.5, 0.6) is 0 Å². The molecule has 0 bridgehead atoms. The van der Waals surface area contributed by atoms with Crippen LogP contribution in [0.4, 0.5) is 11.6 Å². The number of nitrogens with zero attached hydrogens (tertiary/aromatic N) is 2. The van der Waals surface area contributed by atoms with Crippen LogP contribution in [0.15, 0.2) is 18.2 Å². The van der Waals surface area contributed by atoms with Gasteiger partial charge in [-0.1, -0.05) is 19.9 Å². The van der Waals surface area contributed by atoms with Gasteiger partial charge in [-0.3, -0.25) is 0 Å². The second kappa shape index (κ2) is 8.10. The van der Waals surface area contributed by atoms with Gasteiger partial charge in [0, 0.05) is 13.1 Å². The Labute approximate surface area is 123 Å². The van der Waals surface area contributed by atoms with Crippen LogP contribution >= 0.6 is 0 Å². The summed E-state index contributed by atoms with van der Waals surface area (Å²) in [7, 11) is 0. The third kappa shape index (κ3) is 4.67. The van der Waals surface area contributed by atoms with Crippen molar-refractivity contribution in [1.82, 2.24) is 9.88 Å². The van der Waals surface area contributed by atoms with Gasteiger partial charge in [0.1, 0.15) is 11.6 Å². The molecule has 112 valence electrons. The maximum absolute atomic E-state index is 4.59. The minimum atomic E-state index is 0.784. The number of piperidine rings is 1. The van der Waals surface area contributed by atoms with Crippen LogP contribution in [0.25, 0.3) is 0 Å². The minimum absolute atomic E-state index is 0.784. The number of nitrogens with one attached hydrogen (secondary N) is 2. The molecular formula is C16H28N4. The molecule has 1 aromatic heterocycles. The smallest absolute Gasteiger partial charge is 0.128 e. The number of hydrogen-bond donors (Lipinski definition) is 2. The molecule has 1 aliphatic heterocycles. The van der Waals surface area contributed by atoms with E-state index in [1.165, 1.54) is 32.5 Å². The molecule has 0 aliphatic carbocycles. The SMILES string of the molecule is CCCNc1cccc(NCC2CCN(CC)CC2)n1. The van der Waals surface area contributed by atoms with E-state index in [2.05, 4.69) is 46.5 Å². The lowest BCUT2D eigenvalue weighted by Gasteiger charge is -2.31. The molecule has 0 radical (unpaired) electrons. The number of aromatic nitrogens is 1. The van der Waals surface area contributed by atoms with Crippen molar-refractivity contribution in [2.45, 2.75) is 33.1 Å². The van der Waals surface area contributed by atoms with Crippen molar-refractivity contribution < 1.29 is 0 Å². The Morgan fingerprint density at radius 2 is 1.85 bits per heavy atom. The standard InChI is InChI=1S/C16H28N4/c1-3-10-17-15-6-5-7-16(19-15)18-13-14-8-11-20(4-2)12-9-14/h5-7,14H,3-4,8-13H2,1-2H3,(H2,17,18,19). The van der Waals surface area contributed by atoms with Crippen LogP contribution in [0.2, 0.25) is 0 Å². The zero-order valence-corrected chi connectivity index (χ0v) is 12.9. The highest BCUT2D eigenvalue weighted by Gasteiger charge is 2.17. The van der Waals surface area contributed by atoms with Gasteiger partial charge in [0.2, 0.25) is 0 Å². The minimum Gasteiger partial charge on any atom is -0.370 e. The average molecular weight is 276 g/mol. The summed E-state index contributed by atoms with van der Waals surface area (Å²) in [5.74, 6) is 2.74. The predicted molar refractivity (Wildman–Crippen MR) is 86.3 cm³/mol. The molecular weight excluding hydrogens is 248 g/mol. The Morgan fingerprint density at radius 3 is 2.50 bits per heavy atom. The lowest BCUT2D eigenvalue weighted by atomic mass is 9.97. The maximum Gasteiger partial charge on any atom is 0.128 e. The summed E-state index contributed by atoms with van der Waals surface area (Å²) in [6, 6.07) is 6.14. The van der Waals surface area contributed by atoms with E-state index < -0.39 is 0 Å². The molecule has 4 nitrogen and oxygen atoms in total. The molecule has 0 spiro atoms. The van der Waals surface area contributed by atoms with Gasteiger partial charge in [-0.25, -0.2) is 4.98 Å². The normalized spacial score (nSPS) is 17.1. The van der Waals surface area contributed by atoms with E-state index in [-0.39, 0.29) is 0 Å². The molecule has 2 N–H and O–H groups in total. The number of hydrogen-bond acceptors (Lipinski definition) is 4. The van der Waals surface area contributed by atoms with Crippen LogP contribution in [0.1, 0.15) is 33.1 Å². The zero-order valence-electron chi connectivity index (χ0n) is 12.9. The molecule has 2 rings (SSSR count). The molecule has 2 heterocycles. The van der Waals surface area contributed by atoms with E-state index in [9.17, 15) is 0 Å². The molecule has 0 unspecified atom stereocenters. The summed E-state index contributed by atoms with van der Waals surface area (Å²) in [5, 5.41) is 6.82. The summed E-state index contributed by atoms with van der Waals surface area (Å²) in [6.07, 6.45) is 3.72. The van der Waals surface area contributed by atoms with E-state index >= 15 is 0 Å². The van der Waals surface area contributed by atoms with Crippen molar-refractivity contribution in [3.05, 3.63) is 18.2 Å². The van der Waals surface area contributed by atoms with Crippen LogP contribution in [0, 0.1) is 5.92 Å². The fourth-order valence-electron chi connectivity index (χ4n) is 2.64. The van der Waals surface area contributed by atoms with E-state index in [0.29, 0.717) is 0 Å². The third-order valence-electron chi connectivity index (χ3n) is 4.03. The zero-order chi connectivity index (χ0) is 14.2. The second-order valence-corrected chi connectivity index (χ2v) is 5.59. The molecule has 1 aromatic rings. The van der Waals surface area contributed by atoms with Gasteiger partial charge in [-0.2, -0.15) is 0 Å². The highest BCUT2D eigenvalue weighted by atomic mass is 15.1. The van der Waals surface area contributed by atoms with Gasteiger partial charge in [0.05, 0.1) is 0 Å². The topological polar surface area (TPSA) is 40.2 Å². The summed E-state index contributed by atoms with van der Waals surface area (Å²) < 4.78 is 0. The molecule has 0 saturated carbocycles. The lowest BCUT2D eigenvalue weighted by Crippen LogP contribution is -2.35. The van der Waals surface area contributed by atoms with Gasteiger partial charge >= 0.3 is 0 Å². The van der Waals surface area contributed by atoms with Gasteiger partial charge in [-0.15, -0.1) is 0 Å². The fraction of sp³-hybridized carbons (Fsp3) is 0.688.